The molecule has 1 heterocycles. The second-order valence-electron chi connectivity index (χ2n) is 3.86. The van der Waals surface area contributed by atoms with E-state index in [1.165, 1.54) is 19.3 Å². The first-order valence-electron chi connectivity index (χ1n) is 4.48. The lowest BCUT2D eigenvalue weighted by Crippen LogP contribution is -2.43. The Bertz CT molecular complexity index is 207. The average Bonchev–Trinajstić information content (AvgIpc) is 2.69. The van der Waals surface area contributed by atoms with Crippen LogP contribution < -0.4 is 11.3 Å². The predicted molar refractivity (Wildman–Crippen MR) is 48.5 cm³/mol. The van der Waals surface area contributed by atoms with E-state index in [0.29, 0.717) is 5.41 Å². The maximum atomic E-state index is 5.35. The van der Waals surface area contributed by atoms with Crippen molar-refractivity contribution in [2.45, 2.75) is 19.3 Å². The van der Waals surface area contributed by atoms with Crippen molar-refractivity contribution in [2.75, 3.05) is 20.1 Å². The molecule has 1 saturated heterocycles. The van der Waals surface area contributed by atoms with Crippen LogP contribution in [0, 0.1) is 5.41 Å². The molecule has 0 unspecified atom stereocenters. The van der Waals surface area contributed by atoms with Crippen LogP contribution in [0.15, 0.2) is 4.99 Å². The summed E-state index contributed by atoms with van der Waals surface area (Å²) in [6, 6.07) is 0. The van der Waals surface area contributed by atoms with Gasteiger partial charge in [0.15, 0.2) is 0 Å². The molecular formula is C8H16N4. The number of nitrogens with two attached hydrogens (primary N) is 1. The van der Waals surface area contributed by atoms with Crippen LogP contribution in [0.5, 0.6) is 0 Å². The van der Waals surface area contributed by atoms with Crippen LogP contribution in [0.4, 0.5) is 0 Å². The fourth-order valence-corrected chi connectivity index (χ4v) is 2.00. The van der Waals surface area contributed by atoms with E-state index in [4.69, 9.17) is 5.84 Å². The molecule has 0 aromatic carbocycles. The van der Waals surface area contributed by atoms with Crippen molar-refractivity contribution < 1.29 is 0 Å². The highest BCUT2D eigenvalue weighted by Gasteiger charge is 2.48. The second-order valence-corrected chi connectivity index (χ2v) is 3.86. The second kappa shape index (κ2) is 2.62. The summed E-state index contributed by atoms with van der Waals surface area (Å²) in [5, 5.41) is 0. The number of hydrogen-bond acceptors (Lipinski definition) is 2. The van der Waals surface area contributed by atoms with Crippen LogP contribution in [-0.4, -0.2) is 31.0 Å². The summed E-state index contributed by atoms with van der Waals surface area (Å²) in [5.41, 5.74) is 3.28. The molecule has 1 aliphatic heterocycles. The van der Waals surface area contributed by atoms with Crippen molar-refractivity contribution in [3.63, 3.8) is 0 Å². The summed E-state index contributed by atoms with van der Waals surface area (Å²) >= 11 is 0. The Kier molecular flexibility index (Phi) is 1.72. The first-order chi connectivity index (χ1) is 5.79. The Balaban J connectivity index is 1.98. The molecule has 0 radical (unpaired) electrons. The Morgan fingerprint density at radius 2 is 2.25 bits per heavy atom. The van der Waals surface area contributed by atoms with Gasteiger partial charge in [0.25, 0.3) is 0 Å². The molecule has 4 nitrogen and oxygen atoms in total. The van der Waals surface area contributed by atoms with Crippen molar-refractivity contribution in [1.82, 2.24) is 10.3 Å². The molecule has 3 N–H and O–H groups in total. The lowest BCUT2D eigenvalue weighted by molar-refractivity contribution is 0.455. The average molecular weight is 168 g/mol. The quantitative estimate of drug-likeness (QED) is 0.230. The van der Waals surface area contributed by atoms with Crippen LogP contribution in [0.1, 0.15) is 19.3 Å². The number of rotatable bonds is 0. The predicted octanol–water partition coefficient (Wildman–Crippen LogP) is -0.0786. The zero-order valence-corrected chi connectivity index (χ0v) is 7.51. The standard InChI is InChI=1S/C8H16N4/c1-10-7(11-9)12-5-4-8(6-12)2-3-8/h2-6,9H2,1H3,(H,10,11). The molecule has 0 bridgehead atoms. The van der Waals surface area contributed by atoms with E-state index in [-0.39, 0.29) is 0 Å². The van der Waals surface area contributed by atoms with Gasteiger partial charge in [0.2, 0.25) is 5.96 Å². The van der Waals surface area contributed by atoms with Gasteiger partial charge >= 0.3 is 0 Å². The van der Waals surface area contributed by atoms with Gasteiger partial charge in [-0.2, -0.15) is 0 Å². The molecule has 2 rings (SSSR count). The van der Waals surface area contributed by atoms with Crippen molar-refractivity contribution in [1.29, 1.82) is 0 Å². The molecule has 2 aliphatic rings. The SMILES string of the molecule is CN=C(NN)N1CCC2(CC2)C1. The summed E-state index contributed by atoms with van der Waals surface area (Å²) in [5.74, 6) is 6.18. The minimum atomic E-state index is 0.646. The molecule has 1 aliphatic carbocycles. The Hall–Kier alpha value is -0.770. The van der Waals surface area contributed by atoms with Gasteiger partial charge in [-0.1, -0.05) is 0 Å². The van der Waals surface area contributed by atoms with E-state index in [1.54, 1.807) is 7.05 Å². The summed E-state index contributed by atoms with van der Waals surface area (Å²) in [6.07, 6.45) is 4.10. The largest absolute Gasteiger partial charge is 0.341 e. The van der Waals surface area contributed by atoms with Gasteiger partial charge in [0, 0.05) is 20.1 Å². The van der Waals surface area contributed by atoms with Crippen molar-refractivity contribution >= 4 is 5.96 Å². The van der Waals surface area contributed by atoms with Crippen molar-refractivity contribution in [3.8, 4) is 0 Å². The molecule has 1 spiro atoms. The van der Waals surface area contributed by atoms with Crippen LogP contribution >= 0.6 is 0 Å². The zero-order valence-electron chi connectivity index (χ0n) is 7.51. The minimum Gasteiger partial charge on any atom is -0.341 e. The molecule has 0 aromatic heterocycles. The Labute approximate surface area is 72.8 Å². The van der Waals surface area contributed by atoms with Crippen LogP contribution in [0.25, 0.3) is 0 Å². The zero-order chi connectivity index (χ0) is 8.60. The number of hydrogen-bond donors (Lipinski definition) is 2. The van der Waals surface area contributed by atoms with E-state index in [0.717, 1.165) is 19.0 Å². The molecule has 4 heteroatoms. The van der Waals surface area contributed by atoms with Gasteiger partial charge < -0.3 is 4.90 Å². The maximum Gasteiger partial charge on any atom is 0.208 e. The fourth-order valence-electron chi connectivity index (χ4n) is 2.00. The molecule has 0 atom stereocenters. The fraction of sp³-hybridized carbons (Fsp3) is 0.875. The summed E-state index contributed by atoms with van der Waals surface area (Å²) in [7, 11) is 1.77. The highest BCUT2D eigenvalue weighted by Crippen LogP contribution is 2.52. The van der Waals surface area contributed by atoms with Gasteiger partial charge in [0.05, 0.1) is 0 Å². The molecule has 68 valence electrons. The molecular weight excluding hydrogens is 152 g/mol. The van der Waals surface area contributed by atoms with E-state index < -0.39 is 0 Å². The lowest BCUT2D eigenvalue weighted by atomic mass is 10.1. The van der Waals surface area contributed by atoms with Gasteiger partial charge in [-0.3, -0.25) is 10.4 Å². The highest BCUT2D eigenvalue weighted by atomic mass is 15.4. The highest BCUT2D eigenvalue weighted by molar-refractivity contribution is 5.79. The Morgan fingerprint density at radius 3 is 2.67 bits per heavy atom. The van der Waals surface area contributed by atoms with E-state index >= 15 is 0 Å². The minimum absolute atomic E-state index is 0.646. The summed E-state index contributed by atoms with van der Waals surface area (Å²) in [6.45, 7) is 2.25. The maximum absolute atomic E-state index is 5.35. The third-order valence-electron chi connectivity index (χ3n) is 3.04. The number of nitrogens with one attached hydrogen (secondary N) is 1. The number of guanidine groups is 1. The molecule has 12 heavy (non-hydrogen) atoms. The van der Waals surface area contributed by atoms with Gasteiger partial charge in [-0.25, -0.2) is 5.84 Å². The third-order valence-corrected chi connectivity index (χ3v) is 3.04. The number of likely N-dealkylation sites (tertiary alicyclic amines) is 1. The number of nitrogens with zero attached hydrogens (tertiary/aromatic N) is 2. The summed E-state index contributed by atoms with van der Waals surface area (Å²) in [4.78, 5) is 6.33. The monoisotopic (exact) mass is 168 g/mol. The van der Waals surface area contributed by atoms with Crippen LogP contribution in [-0.2, 0) is 0 Å². The molecule has 0 aromatic rings. The lowest BCUT2D eigenvalue weighted by Gasteiger charge is -2.19. The van der Waals surface area contributed by atoms with Gasteiger partial charge in [0.1, 0.15) is 0 Å². The third kappa shape index (κ3) is 1.16. The smallest absolute Gasteiger partial charge is 0.208 e. The Morgan fingerprint density at radius 1 is 1.50 bits per heavy atom. The van der Waals surface area contributed by atoms with E-state index in [9.17, 15) is 0 Å². The van der Waals surface area contributed by atoms with Crippen LogP contribution in [0.2, 0.25) is 0 Å². The number of hydrazine groups is 1. The molecule has 2 fully saturated rings. The first-order valence-corrected chi connectivity index (χ1v) is 4.48. The number of aliphatic imine (C=N–C) groups is 1. The van der Waals surface area contributed by atoms with Gasteiger partial charge in [-0.15, -0.1) is 0 Å². The van der Waals surface area contributed by atoms with Gasteiger partial charge in [-0.05, 0) is 24.7 Å². The van der Waals surface area contributed by atoms with Crippen LogP contribution in [0.3, 0.4) is 0 Å². The van der Waals surface area contributed by atoms with E-state index in [2.05, 4.69) is 15.3 Å². The van der Waals surface area contributed by atoms with E-state index in [1.807, 2.05) is 0 Å². The normalized spacial score (nSPS) is 26.5. The summed E-state index contributed by atoms with van der Waals surface area (Å²) < 4.78 is 0. The molecule has 0 amide bonds. The first kappa shape index (κ1) is 7.86. The van der Waals surface area contributed by atoms with Crippen molar-refractivity contribution in [2.24, 2.45) is 16.3 Å². The van der Waals surface area contributed by atoms with Crippen molar-refractivity contribution in [3.05, 3.63) is 0 Å². The molecule has 1 saturated carbocycles. The topological polar surface area (TPSA) is 53.6 Å².